The summed E-state index contributed by atoms with van der Waals surface area (Å²) in [6.07, 6.45) is -5.54. The van der Waals surface area contributed by atoms with Crippen LogP contribution in [0.3, 0.4) is 0 Å². The molecule has 0 saturated heterocycles. The van der Waals surface area contributed by atoms with E-state index in [0.29, 0.717) is 22.6 Å². The van der Waals surface area contributed by atoms with Crippen molar-refractivity contribution in [3.8, 4) is 6.07 Å². The van der Waals surface area contributed by atoms with Crippen LogP contribution in [-0.2, 0) is 7.05 Å². The molecule has 1 amide bonds. The lowest BCUT2D eigenvalue weighted by Gasteiger charge is -2.38. The first-order valence-corrected chi connectivity index (χ1v) is 7.52. The number of para-hydroxylation sites is 1. The average Bonchev–Trinajstić information content (AvgIpc) is 2.84. The molecule has 3 rings (SSSR count). The number of fused-ring (bicyclic) bond motifs is 1. The zero-order valence-corrected chi connectivity index (χ0v) is 13.6. The molecular weight excluding hydrogens is 333 g/mol. The van der Waals surface area contributed by atoms with Crippen LogP contribution in [0.2, 0.25) is 0 Å². The molecule has 0 fully saturated rings. The number of hydrogen-bond donors (Lipinski definition) is 1. The van der Waals surface area contributed by atoms with E-state index in [1.807, 2.05) is 6.07 Å². The van der Waals surface area contributed by atoms with Gasteiger partial charge in [0.15, 0.2) is 0 Å². The third-order valence-corrected chi connectivity index (χ3v) is 4.36. The van der Waals surface area contributed by atoms with E-state index in [1.54, 1.807) is 36.7 Å². The fourth-order valence-corrected chi connectivity index (χ4v) is 3.00. The highest BCUT2D eigenvalue weighted by atomic mass is 19.4. The summed E-state index contributed by atoms with van der Waals surface area (Å²) in [4.78, 5) is 13.4. The molecule has 1 aliphatic heterocycles. The number of benzene rings is 1. The number of carbonyl (C=O) groups excluding carboxylic acids is 1. The number of alkyl halides is 3. The van der Waals surface area contributed by atoms with Gasteiger partial charge in [-0.25, -0.2) is 0 Å². The monoisotopic (exact) mass is 348 g/mol. The van der Waals surface area contributed by atoms with Crippen LogP contribution in [0.25, 0.3) is 0 Å². The molecule has 1 N–H and O–H groups in total. The Bertz CT molecular complexity index is 879. The standard InChI is InChI=1S/C17H15F3N4O/c1-10-13(7-11(8-21)23(10)2)15-22-14-6-4-3-5-12(14)16(25)24(15)9-17(18,19)20/h3-7,15,22H,9H2,1-2H3/t15-/m1/s1. The minimum Gasteiger partial charge on any atom is -0.361 e. The second-order valence-corrected chi connectivity index (χ2v) is 5.88. The van der Waals surface area contributed by atoms with Crippen molar-refractivity contribution < 1.29 is 18.0 Å². The van der Waals surface area contributed by atoms with E-state index in [9.17, 15) is 18.0 Å². The maximum absolute atomic E-state index is 13.1. The second kappa shape index (κ2) is 5.84. The molecule has 8 heteroatoms. The Morgan fingerprint density at radius 3 is 2.60 bits per heavy atom. The fourth-order valence-electron chi connectivity index (χ4n) is 3.00. The van der Waals surface area contributed by atoms with Gasteiger partial charge in [-0.2, -0.15) is 18.4 Å². The number of hydrogen-bond acceptors (Lipinski definition) is 3. The smallest absolute Gasteiger partial charge is 0.361 e. The molecule has 25 heavy (non-hydrogen) atoms. The Kier molecular flexibility index (Phi) is 3.95. The van der Waals surface area contributed by atoms with Crippen LogP contribution >= 0.6 is 0 Å². The summed E-state index contributed by atoms with van der Waals surface area (Å²) in [6, 6.07) is 9.95. The Morgan fingerprint density at radius 2 is 2.00 bits per heavy atom. The van der Waals surface area contributed by atoms with Gasteiger partial charge >= 0.3 is 6.18 Å². The summed E-state index contributed by atoms with van der Waals surface area (Å²) in [5.41, 5.74) is 2.06. The minimum atomic E-state index is -4.54. The SMILES string of the molecule is Cc1c([C@@H]2Nc3ccccc3C(=O)N2CC(F)(F)F)cc(C#N)n1C. The van der Waals surface area contributed by atoms with E-state index >= 15 is 0 Å². The van der Waals surface area contributed by atoms with Gasteiger partial charge in [-0.15, -0.1) is 0 Å². The van der Waals surface area contributed by atoms with Crippen LogP contribution in [0.5, 0.6) is 0 Å². The number of anilines is 1. The predicted molar refractivity (Wildman–Crippen MR) is 84.8 cm³/mol. The Balaban J connectivity index is 2.12. The predicted octanol–water partition coefficient (Wildman–Crippen LogP) is 3.33. The topological polar surface area (TPSA) is 61.1 Å². The van der Waals surface area contributed by atoms with Crippen molar-refractivity contribution in [3.63, 3.8) is 0 Å². The van der Waals surface area contributed by atoms with Gasteiger partial charge < -0.3 is 14.8 Å². The van der Waals surface area contributed by atoms with Crippen molar-refractivity contribution in [1.29, 1.82) is 5.26 Å². The van der Waals surface area contributed by atoms with E-state index < -0.39 is 24.8 Å². The first-order valence-electron chi connectivity index (χ1n) is 7.52. The van der Waals surface area contributed by atoms with E-state index in [-0.39, 0.29) is 5.56 Å². The second-order valence-electron chi connectivity index (χ2n) is 5.88. The first kappa shape index (κ1) is 16.9. The quantitative estimate of drug-likeness (QED) is 0.906. The van der Waals surface area contributed by atoms with Gasteiger partial charge in [-0.1, -0.05) is 12.1 Å². The third kappa shape index (κ3) is 2.93. The molecule has 1 aromatic carbocycles. The molecule has 2 aromatic rings. The largest absolute Gasteiger partial charge is 0.406 e. The molecule has 0 spiro atoms. The third-order valence-electron chi connectivity index (χ3n) is 4.36. The van der Waals surface area contributed by atoms with Crippen molar-refractivity contribution in [2.45, 2.75) is 19.3 Å². The Morgan fingerprint density at radius 1 is 1.32 bits per heavy atom. The van der Waals surface area contributed by atoms with E-state index in [4.69, 9.17) is 5.26 Å². The van der Waals surface area contributed by atoms with Crippen LogP contribution in [0.15, 0.2) is 30.3 Å². The summed E-state index contributed by atoms with van der Waals surface area (Å²) in [7, 11) is 1.66. The lowest BCUT2D eigenvalue weighted by molar-refractivity contribution is -0.144. The number of carbonyl (C=O) groups is 1. The van der Waals surface area contributed by atoms with Gasteiger partial charge in [-0.3, -0.25) is 4.79 Å². The molecule has 0 radical (unpaired) electrons. The molecule has 1 aromatic heterocycles. The molecule has 0 saturated carbocycles. The summed E-state index contributed by atoms with van der Waals surface area (Å²) in [5.74, 6) is -0.696. The molecule has 5 nitrogen and oxygen atoms in total. The summed E-state index contributed by atoms with van der Waals surface area (Å²) >= 11 is 0. The highest BCUT2D eigenvalue weighted by molar-refractivity contribution is 6.01. The maximum atomic E-state index is 13.1. The van der Waals surface area contributed by atoms with E-state index in [2.05, 4.69) is 5.32 Å². The van der Waals surface area contributed by atoms with Gasteiger partial charge in [0, 0.05) is 24.0 Å². The highest BCUT2D eigenvalue weighted by Crippen LogP contribution is 2.36. The molecule has 0 bridgehead atoms. The molecule has 2 heterocycles. The molecule has 0 unspecified atom stereocenters. The van der Waals surface area contributed by atoms with Crippen LogP contribution < -0.4 is 5.32 Å². The Hall–Kier alpha value is -2.95. The minimum absolute atomic E-state index is 0.192. The lowest BCUT2D eigenvalue weighted by atomic mass is 10.0. The van der Waals surface area contributed by atoms with Crippen LogP contribution in [-0.4, -0.2) is 28.1 Å². The van der Waals surface area contributed by atoms with Crippen molar-refractivity contribution in [1.82, 2.24) is 9.47 Å². The lowest BCUT2D eigenvalue weighted by Crippen LogP contribution is -2.47. The number of nitrogens with one attached hydrogen (secondary N) is 1. The maximum Gasteiger partial charge on any atom is 0.406 e. The number of amides is 1. The zero-order valence-electron chi connectivity index (χ0n) is 13.6. The van der Waals surface area contributed by atoms with Gasteiger partial charge in [0.25, 0.3) is 5.91 Å². The van der Waals surface area contributed by atoms with Crippen LogP contribution in [0.4, 0.5) is 18.9 Å². The highest BCUT2D eigenvalue weighted by Gasteiger charge is 2.41. The van der Waals surface area contributed by atoms with Crippen molar-refractivity contribution in [2.75, 3.05) is 11.9 Å². The van der Waals surface area contributed by atoms with Crippen molar-refractivity contribution >= 4 is 11.6 Å². The molecule has 1 atom stereocenters. The fraction of sp³-hybridized carbons (Fsp3) is 0.294. The van der Waals surface area contributed by atoms with E-state index in [0.717, 1.165) is 4.90 Å². The average molecular weight is 348 g/mol. The van der Waals surface area contributed by atoms with E-state index in [1.165, 1.54) is 12.1 Å². The molecule has 0 aliphatic carbocycles. The van der Waals surface area contributed by atoms with Crippen molar-refractivity contribution in [3.05, 3.63) is 52.8 Å². The number of rotatable bonds is 2. The Labute approximate surface area is 142 Å². The van der Waals surface area contributed by atoms with Gasteiger partial charge in [-0.05, 0) is 25.1 Å². The summed E-state index contributed by atoms with van der Waals surface area (Å²) in [5, 5.41) is 12.2. The molecule has 130 valence electrons. The molecule has 1 aliphatic rings. The normalized spacial score (nSPS) is 17.0. The van der Waals surface area contributed by atoms with Gasteiger partial charge in [0.1, 0.15) is 24.5 Å². The van der Waals surface area contributed by atoms with Crippen LogP contribution in [0, 0.1) is 18.3 Å². The number of aromatic nitrogens is 1. The zero-order chi connectivity index (χ0) is 18.4. The van der Waals surface area contributed by atoms with Crippen molar-refractivity contribution in [2.24, 2.45) is 7.05 Å². The first-order chi connectivity index (χ1) is 11.7. The van der Waals surface area contributed by atoms with Gasteiger partial charge in [0.05, 0.1) is 5.56 Å². The summed E-state index contributed by atoms with van der Waals surface area (Å²) < 4.78 is 40.7. The number of nitrogens with zero attached hydrogens (tertiary/aromatic N) is 3. The van der Waals surface area contributed by atoms with Gasteiger partial charge in [0.2, 0.25) is 0 Å². The summed E-state index contributed by atoms with van der Waals surface area (Å²) in [6.45, 7) is 0.322. The van der Waals surface area contributed by atoms with Crippen LogP contribution in [0.1, 0.15) is 33.5 Å². The number of nitriles is 1. The molecular formula is C17H15F3N4O. The number of halogens is 3.